The van der Waals surface area contributed by atoms with Crippen LogP contribution in [-0.2, 0) is 18.0 Å². The molecule has 0 radical (unpaired) electrons. The predicted octanol–water partition coefficient (Wildman–Crippen LogP) is 2.62. The van der Waals surface area contributed by atoms with Crippen molar-refractivity contribution < 1.29 is 9.53 Å². The van der Waals surface area contributed by atoms with E-state index in [-0.39, 0.29) is 5.91 Å². The number of carbonyl (C=O) groups is 1. The predicted molar refractivity (Wildman–Crippen MR) is 70.3 cm³/mol. The average Bonchev–Trinajstić information content (AvgIpc) is 2.81. The zero-order chi connectivity index (χ0) is 12.1. The summed E-state index contributed by atoms with van der Waals surface area (Å²) in [4.78, 5) is 11.8. The van der Waals surface area contributed by atoms with Gasteiger partial charge in [-0.1, -0.05) is 22.0 Å². The number of benzene rings is 1. The van der Waals surface area contributed by atoms with Crippen LogP contribution < -0.4 is 5.32 Å². The Morgan fingerprint density at radius 3 is 2.94 bits per heavy atom. The van der Waals surface area contributed by atoms with E-state index in [9.17, 15) is 4.79 Å². The Kier molecular flexibility index (Phi) is 4.57. The van der Waals surface area contributed by atoms with Gasteiger partial charge in [-0.15, -0.1) is 0 Å². The summed E-state index contributed by atoms with van der Waals surface area (Å²) in [7, 11) is 0. The first-order valence-electron chi connectivity index (χ1n) is 5.85. The number of hydrogen-bond acceptors (Lipinski definition) is 2. The normalized spacial score (nSPS) is 13.5. The van der Waals surface area contributed by atoms with Crippen LogP contribution in [0.3, 0.4) is 0 Å². The molecule has 0 fully saturated rings. The van der Waals surface area contributed by atoms with Crippen molar-refractivity contribution in [2.24, 2.45) is 0 Å². The van der Waals surface area contributed by atoms with Crippen molar-refractivity contribution >= 4 is 21.8 Å². The first kappa shape index (κ1) is 12.6. The summed E-state index contributed by atoms with van der Waals surface area (Å²) in [6.07, 6.45) is 2.09. The highest BCUT2D eigenvalue weighted by Gasteiger charge is 2.13. The Hall–Kier alpha value is -0.870. The number of rotatable bonds is 5. The molecule has 0 aromatic heterocycles. The van der Waals surface area contributed by atoms with Crippen LogP contribution in [-0.4, -0.2) is 17.8 Å². The van der Waals surface area contributed by atoms with Crippen molar-refractivity contribution in [3.05, 3.63) is 34.9 Å². The highest BCUT2D eigenvalue weighted by Crippen LogP contribution is 2.20. The number of hydrogen-bond donors (Lipinski definition) is 1. The van der Waals surface area contributed by atoms with E-state index in [1.807, 2.05) is 18.2 Å². The first-order chi connectivity index (χ1) is 8.31. The summed E-state index contributed by atoms with van der Waals surface area (Å²) < 4.78 is 5.33. The second-order valence-corrected chi connectivity index (χ2v) is 4.92. The number of halogens is 1. The fourth-order valence-corrected chi connectivity index (χ4v) is 2.23. The minimum Gasteiger partial charge on any atom is -0.372 e. The lowest BCUT2D eigenvalue weighted by Gasteiger charge is -2.05. The number of unbranched alkanes of at least 4 members (excludes halogenated alkanes) is 1. The van der Waals surface area contributed by atoms with Gasteiger partial charge in [-0.05, 0) is 36.1 Å². The number of alkyl halides is 1. The van der Waals surface area contributed by atoms with Crippen LogP contribution in [0.4, 0.5) is 0 Å². The van der Waals surface area contributed by atoms with E-state index in [4.69, 9.17) is 4.74 Å². The van der Waals surface area contributed by atoms with Crippen molar-refractivity contribution in [3.63, 3.8) is 0 Å². The van der Waals surface area contributed by atoms with Crippen molar-refractivity contribution in [1.82, 2.24) is 5.32 Å². The summed E-state index contributed by atoms with van der Waals surface area (Å²) in [5.74, 6) is 0.00859. The van der Waals surface area contributed by atoms with Gasteiger partial charge in [0.15, 0.2) is 0 Å². The Morgan fingerprint density at radius 1 is 1.29 bits per heavy atom. The Labute approximate surface area is 110 Å². The van der Waals surface area contributed by atoms with Crippen molar-refractivity contribution in [2.75, 3.05) is 11.9 Å². The molecule has 0 spiro atoms. The van der Waals surface area contributed by atoms with E-state index < -0.39 is 0 Å². The molecule has 4 heteroatoms. The van der Waals surface area contributed by atoms with Gasteiger partial charge in [0, 0.05) is 17.4 Å². The number of fused-ring (bicyclic) bond motifs is 1. The minimum absolute atomic E-state index is 0.00859. The summed E-state index contributed by atoms with van der Waals surface area (Å²) >= 11 is 3.37. The molecule has 3 nitrogen and oxygen atoms in total. The molecule has 1 aromatic carbocycles. The third-order valence-electron chi connectivity index (χ3n) is 2.83. The molecule has 92 valence electrons. The SMILES string of the molecule is O=C(NCCCCBr)c1ccc2c(c1)COC2. The van der Waals surface area contributed by atoms with Crippen molar-refractivity contribution in [3.8, 4) is 0 Å². The van der Waals surface area contributed by atoms with Crippen molar-refractivity contribution in [2.45, 2.75) is 26.1 Å². The maximum absolute atomic E-state index is 11.8. The number of ether oxygens (including phenoxy) is 1. The maximum Gasteiger partial charge on any atom is 0.251 e. The molecule has 1 amide bonds. The summed E-state index contributed by atoms with van der Waals surface area (Å²) in [5.41, 5.74) is 3.06. The second-order valence-electron chi connectivity index (χ2n) is 4.13. The van der Waals surface area contributed by atoms with Gasteiger partial charge in [0.2, 0.25) is 0 Å². The van der Waals surface area contributed by atoms with Gasteiger partial charge >= 0.3 is 0 Å². The molecular formula is C13H16BrNO2. The third-order valence-corrected chi connectivity index (χ3v) is 3.39. The third kappa shape index (κ3) is 3.30. The number of amides is 1. The minimum atomic E-state index is 0.00859. The molecule has 0 bridgehead atoms. The van der Waals surface area contributed by atoms with E-state index in [0.29, 0.717) is 13.2 Å². The van der Waals surface area contributed by atoms with Crippen LogP contribution in [0.2, 0.25) is 0 Å². The lowest BCUT2D eigenvalue weighted by Crippen LogP contribution is -2.24. The van der Waals surface area contributed by atoms with Crippen LogP contribution in [0, 0.1) is 0 Å². The van der Waals surface area contributed by atoms with Gasteiger partial charge in [-0.25, -0.2) is 0 Å². The van der Waals surface area contributed by atoms with E-state index in [2.05, 4.69) is 21.2 Å². The van der Waals surface area contributed by atoms with Gasteiger partial charge in [-0.2, -0.15) is 0 Å². The topological polar surface area (TPSA) is 38.3 Å². The number of nitrogens with one attached hydrogen (secondary N) is 1. The molecule has 0 atom stereocenters. The average molecular weight is 298 g/mol. The second kappa shape index (κ2) is 6.17. The van der Waals surface area contributed by atoms with Crippen LogP contribution >= 0.6 is 15.9 Å². The Balaban J connectivity index is 1.91. The van der Waals surface area contributed by atoms with Gasteiger partial charge < -0.3 is 10.1 Å². The molecule has 0 aliphatic carbocycles. The molecule has 0 saturated heterocycles. The molecule has 1 N–H and O–H groups in total. The summed E-state index contributed by atoms with van der Waals surface area (Å²) in [5, 5.41) is 3.91. The summed E-state index contributed by atoms with van der Waals surface area (Å²) in [6, 6.07) is 5.78. The molecule has 1 aliphatic rings. The molecule has 1 heterocycles. The fourth-order valence-electron chi connectivity index (χ4n) is 1.84. The molecule has 1 aromatic rings. The molecule has 0 saturated carbocycles. The first-order valence-corrected chi connectivity index (χ1v) is 6.97. The van der Waals surface area contributed by atoms with E-state index in [1.54, 1.807) is 0 Å². The fraction of sp³-hybridized carbons (Fsp3) is 0.462. The monoisotopic (exact) mass is 297 g/mol. The van der Waals surface area contributed by atoms with Crippen LogP contribution in [0.5, 0.6) is 0 Å². The standard InChI is InChI=1S/C13H16BrNO2/c14-5-1-2-6-15-13(16)10-3-4-11-8-17-9-12(11)7-10/h3-4,7H,1-2,5-6,8-9H2,(H,15,16). The molecule has 0 unspecified atom stereocenters. The van der Waals surface area contributed by atoms with Gasteiger partial charge in [-0.3, -0.25) is 4.79 Å². The largest absolute Gasteiger partial charge is 0.372 e. The molecular weight excluding hydrogens is 282 g/mol. The molecule has 1 aliphatic heterocycles. The number of carbonyl (C=O) groups excluding carboxylic acids is 1. The molecule has 2 rings (SSSR count). The van der Waals surface area contributed by atoms with E-state index in [1.165, 1.54) is 5.56 Å². The van der Waals surface area contributed by atoms with Gasteiger partial charge in [0.05, 0.1) is 13.2 Å². The maximum atomic E-state index is 11.8. The van der Waals surface area contributed by atoms with Gasteiger partial charge in [0.25, 0.3) is 5.91 Å². The van der Waals surface area contributed by atoms with E-state index >= 15 is 0 Å². The lowest BCUT2D eigenvalue weighted by atomic mass is 10.1. The van der Waals surface area contributed by atoms with Crippen LogP contribution in [0.15, 0.2) is 18.2 Å². The Bertz CT molecular complexity index is 406. The Morgan fingerprint density at radius 2 is 2.12 bits per heavy atom. The van der Waals surface area contributed by atoms with Crippen LogP contribution in [0.25, 0.3) is 0 Å². The van der Waals surface area contributed by atoms with Crippen molar-refractivity contribution in [1.29, 1.82) is 0 Å². The summed E-state index contributed by atoms with van der Waals surface area (Å²) in [6.45, 7) is 2.03. The highest BCUT2D eigenvalue weighted by molar-refractivity contribution is 9.09. The quantitative estimate of drug-likeness (QED) is 0.670. The zero-order valence-electron chi connectivity index (χ0n) is 9.67. The zero-order valence-corrected chi connectivity index (χ0v) is 11.3. The van der Waals surface area contributed by atoms with E-state index in [0.717, 1.165) is 35.8 Å². The molecule has 17 heavy (non-hydrogen) atoms. The smallest absolute Gasteiger partial charge is 0.251 e. The lowest BCUT2D eigenvalue weighted by molar-refractivity contribution is 0.0953. The van der Waals surface area contributed by atoms with Gasteiger partial charge in [0.1, 0.15) is 0 Å². The van der Waals surface area contributed by atoms with Crippen LogP contribution in [0.1, 0.15) is 34.3 Å². The highest BCUT2D eigenvalue weighted by atomic mass is 79.9.